The summed E-state index contributed by atoms with van der Waals surface area (Å²) in [5.41, 5.74) is 2.75. The Bertz CT molecular complexity index is 387. The molecule has 0 spiro atoms. The predicted molar refractivity (Wildman–Crippen MR) is 69.6 cm³/mol. The first-order chi connectivity index (χ1) is 7.31. The zero-order valence-corrected chi connectivity index (χ0v) is 10.4. The summed E-state index contributed by atoms with van der Waals surface area (Å²) in [6, 6.07) is 10.6. The van der Waals surface area contributed by atoms with Crippen molar-refractivity contribution in [2.45, 2.75) is 19.8 Å². The van der Waals surface area contributed by atoms with Gasteiger partial charge in [0.05, 0.1) is 0 Å². The van der Waals surface area contributed by atoms with Crippen molar-refractivity contribution in [3.63, 3.8) is 0 Å². The van der Waals surface area contributed by atoms with Crippen molar-refractivity contribution in [3.8, 4) is 0 Å². The molecule has 1 aromatic rings. The van der Waals surface area contributed by atoms with E-state index in [1.54, 1.807) is 0 Å². The lowest BCUT2D eigenvalue weighted by atomic mass is 9.88. The Kier molecular flexibility index (Phi) is 3.42. The van der Waals surface area contributed by atoms with Gasteiger partial charge in [-0.15, -0.1) is 0 Å². The van der Waals surface area contributed by atoms with Crippen LogP contribution in [-0.4, -0.2) is 0 Å². The van der Waals surface area contributed by atoms with Crippen LogP contribution in [0, 0.1) is 5.92 Å². The SMILES string of the molecule is CC[C]1CC(c2ccccc2)=CC=C1Br. The molecule has 1 heteroatoms. The fourth-order valence-electron chi connectivity index (χ4n) is 1.81. The maximum Gasteiger partial charge on any atom is 0.0162 e. The van der Waals surface area contributed by atoms with Crippen molar-refractivity contribution in [2.24, 2.45) is 0 Å². The smallest absolute Gasteiger partial charge is 0.0162 e. The quantitative estimate of drug-likeness (QED) is 0.722. The van der Waals surface area contributed by atoms with Crippen molar-refractivity contribution in [1.82, 2.24) is 0 Å². The molecule has 0 saturated carbocycles. The molecular weight excluding hydrogens is 248 g/mol. The molecule has 0 N–H and O–H groups in total. The summed E-state index contributed by atoms with van der Waals surface area (Å²) < 4.78 is 1.25. The summed E-state index contributed by atoms with van der Waals surface area (Å²) in [5, 5.41) is 0. The molecular formula is C14H14Br. The van der Waals surface area contributed by atoms with Gasteiger partial charge in [0.15, 0.2) is 0 Å². The van der Waals surface area contributed by atoms with Gasteiger partial charge in [-0.2, -0.15) is 0 Å². The Balaban J connectivity index is 2.26. The lowest BCUT2D eigenvalue weighted by Gasteiger charge is -2.20. The number of allylic oxidation sites excluding steroid dienone is 4. The Morgan fingerprint density at radius 3 is 2.53 bits per heavy atom. The molecule has 1 aliphatic rings. The average molecular weight is 262 g/mol. The zero-order valence-electron chi connectivity index (χ0n) is 8.83. The van der Waals surface area contributed by atoms with Crippen molar-refractivity contribution in [2.75, 3.05) is 0 Å². The topological polar surface area (TPSA) is 0 Å². The molecule has 0 saturated heterocycles. The highest BCUT2D eigenvalue weighted by molar-refractivity contribution is 9.11. The number of rotatable bonds is 2. The minimum absolute atomic E-state index is 1.07. The van der Waals surface area contributed by atoms with E-state index < -0.39 is 0 Å². The fraction of sp³-hybridized carbons (Fsp3) is 0.214. The van der Waals surface area contributed by atoms with Gasteiger partial charge in [-0.1, -0.05) is 65.3 Å². The minimum atomic E-state index is 1.07. The minimum Gasteiger partial charge on any atom is -0.0645 e. The molecule has 0 amide bonds. The van der Waals surface area contributed by atoms with Crippen LogP contribution >= 0.6 is 15.9 Å². The van der Waals surface area contributed by atoms with Crippen molar-refractivity contribution in [1.29, 1.82) is 0 Å². The van der Waals surface area contributed by atoms with Gasteiger partial charge in [-0.05, 0) is 24.0 Å². The standard InChI is InChI=1S/C14H14Br/c1-2-11-10-13(8-9-14(11)15)12-6-4-3-5-7-12/h3-9H,2,10H2,1H3. The van der Waals surface area contributed by atoms with Gasteiger partial charge >= 0.3 is 0 Å². The molecule has 0 nitrogen and oxygen atoms in total. The molecule has 15 heavy (non-hydrogen) atoms. The van der Waals surface area contributed by atoms with E-state index in [1.807, 2.05) is 0 Å². The van der Waals surface area contributed by atoms with E-state index in [4.69, 9.17) is 0 Å². The second kappa shape index (κ2) is 4.80. The zero-order chi connectivity index (χ0) is 10.7. The highest BCUT2D eigenvalue weighted by Gasteiger charge is 2.17. The second-order valence-electron chi connectivity index (χ2n) is 3.71. The van der Waals surface area contributed by atoms with Crippen LogP contribution in [0.4, 0.5) is 0 Å². The summed E-state index contributed by atoms with van der Waals surface area (Å²) in [6.07, 6.45) is 6.54. The maximum atomic E-state index is 3.59. The third kappa shape index (κ3) is 2.40. The van der Waals surface area contributed by atoms with E-state index in [0.717, 1.165) is 12.8 Å². The van der Waals surface area contributed by atoms with Gasteiger partial charge in [0.2, 0.25) is 0 Å². The van der Waals surface area contributed by atoms with Gasteiger partial charge in [0.1, 0.15) is 0 Å². The average Bonchev–Trinajstić information content (AvgIpc) is 2.31. The van der Waals surface area contributed by atoms with Crippen LogP contribution in [0.15, 0.2) is 47.0 Å². The molecule has 1 radical (unpaired) electrons. The number of halogens is 1. The molecule has 1 aromatic carbocycles. The summed E-state index contributed by atoms with van der Waals surface area (Å²) >= 11 is 3.59. The first-order valence-corrected chi connectivity index (χ1v) is 6.07. The van der Waals surface area contributed by atoms with E-state index in [-0.39, 0.29) is 0 Å². The monoisotopic (exact) mass is 261 g/mol. The fourth-order valence-corrected chi connectivity index (χ4v) is 2.36. The summed E-state index contributed by atoms with van der Waals surface area (Å²) in [4.78, 5) is 0. The highest BCUT2D eigenvalue weighted by atomic mass is 79.9. The third-order valence-corrected chi connectivity index (χ3v) is 3.57. The van der Waals surface area contributed by atoms with Crippen LogP contribution in [0.1, 0.15) is 25.3 Å². The molecule has 1 aliphatic carbocycles. The predicted octanol–water partition coefficient (Wildman–Crippen LogP) is 4.74. The molecule has 77 valence electrons. The van der Waals surface area contributed by atoms with E-state index >= 15 is 0 Å². The first-order valence-electron chi connectivity index (χ1n) is 5.28. The molecule has 0 bridgehead atoms. The Hall–Kier alpha value is -0.820. The highest BCUT2D eigenvalue weighted by Crippen LogP contribution is 2.37. The third-order valence-electron chi connectivity index (χ3n) is 2.74. The Morgan fingerprint density at radius 2 is 1.87 bits per heavy atom. The molecule has 2 rings (SSSR count). The molecule has 0 heterocycles. The van der Waals surface area contributed by atoms with Crippen LogP contribution in [0.25, 0.3) is 5.57 Å². The summed E-state index contributed by atoms with van der Waals surface area (Å²) in [5.74, 6) is 1.48. The van der Waals surface area contributed by atoms with E-state index in [0.29, 0.717) is 0 Å². The first kappa shape index (κ1) is 10.7. The van der Waals surface area contributed by atoms with E-state index in [2.05, 4.69) is 65.3 Å². The maximum absolute atomic E-state index is 3.59. The van der Waals surface area contributed by atoms with Gasteiger partial charge < -0.3 is 0 Å². The lowest BCUT2D eigenvalue weighted by molar-refractivity contribution is 0.913. The second-order valence-corrected chi connectivity index (χ2v) is 4.56. The van der Waals surface area contributed by atoms with Gasteiger partial charge in [-0.3, -0.25) is 0 Å². The molecule has 0 unspecified atom stereocenters. The van der Waals surface area contributed by atoms with Gasteiger partial charge in [0, 0.05) is 10.4 Å². The van der Waals surface area contributed by atoms with Crippen molar-refractivity contribution < 1.29 is 0 Å². The molecule has 0 aliphatic heterocycles. The Labute approximate surface area is 99.8 Å². The molecule has 0 fully saturated rings. The van der Waals surface area contributed by atoms with E-state index in [9.17, 15) is 0 Å². The summed E-state index contributed by atoms with van der Waals surface area (Å²) in [7, 11) is 0. The van der Waals surface area contributed by atoms with Crippen LogP contribution in [0.3, 0.4) is 0 Å². The summed E-state index contributed by atoms with van der Waals surface area (Å²) in [6.45, 7) is 2.21. The van der Waals surface area contributed by atoms with Gasteiger partial charge in [0.25, 0.3) is 0 Å². The normalized spacial score (nSPS) is 17.2. The van der Waals surface area contributed by atoms with Crippen LogP contribution in [0.2, 0.25) is 0 Å². The van der Waals surface area contributed by atoms with E-state index in [1.165, 1.54) is 21.5 Å². The largest absolute Gasteiger partial charge is 0.0645 e. The Morgan fingerprint density at radius 1 is 1.13 bits per heavy atom. The number of benzene rings is 1. The number of hydrogen-bond acceptors (Lipinski definition) is 0. The van der Waals surface area contributed by atoms with Crippen molar-refractivity contribution >= 4 is 21.5 Å². The van der Waals surface area contributed by atoms with Crippen LogP contribution in [0.5, 0.6) is 0 Å². The van der Waals surface area contributed by atoms with Crippen LogP contribution < -0.4 is 0 Å². The van der Waals surface area contributed by atoms with Crippen LogP contribution in [-0.2, 0) is 0 Å². The lowest BCUT2D eigenvalue weighted by Crippen LogP contribution is -2.01. The van der Waals surface area contributed by atoms with Gasteiger partial charge in [-0.25, -0.2) is 0 Å². The molecule has 0 atom stereocenters. The van der Waals surface area contributed by atoms with Crippen molar-refractivity contribution in [3.05, 3.63) is 58.4 Å². The number of hydrogen-bond donors (Lipinski definition) is 0. The molecule has 0 aromatic heterocycles.